The summed E-state index contributed by atoms with van der Waals surface area (Å²) in [6.07, 6.45) is 8.61. The fraction of sp³-hybridized carbons (Fsp3) is 0.500. The number of nitrogens with zero attached hydrogens (tertiary/aromatic N) is 1. The van der Waals surface area contributed by atoms with Crippen LogP contribution in [0.1, 0.15) is 18.4 Å². The van der Waals surface area contributed by atoms with Gasteiger partial charge in [-0.1, -0.05) is 6.08 Å². The summed E-state index contributed by atoms with van der Waals surface area (Å²) in [7, 11) is 1.69. The molecular formula is C14H18N2O. The van der Waals surface area contributed by atoms with Crippen LogP contribution in [0.25, 0.3) is 5.57 Å². The molecule has 2 atom stereocenters. The zero-order valence-corrected chi connectivity index (χ0v) is 10.1. The summed E-state index contributed by atoms with van der Waals surface area (Å²) in [5.74, 6) is 2.39. The third-order valence-electron chi connectivity index (χ3n) is 3.89. The van der Waals surface area contributed by atoms with E-state index in [1.54, 1.807) is 13.3 Å². The van der Waals surface area contributed by atoms with Gasteiger partial charge in [-0.3, -0.25) is 4.98 Å². The first-order valence-electron chi connectivity index (χ1n) is 6.27. The number of methoxy groups -OCH3 is 1. The van der Waals surface area contributed by atoms with E-state index in [0.29, 0.717) is 5.92 Å². The molecule has 0 aromatic carbocycles. The number of hydrogen-bond acceptors (Lipinski definition) is 3. The number of piperidine rings is 1. The van der Waals surface area contributed by atoms with Gasteiger partial charge in [0.05, 0.1) is 13.3 Å². The van der Waals surface area contributed by atoms with Crippen LogP contribution in [0.15, 0.2) is 24.5 Å². The highest BCUT2D eigenvalue weighted by Gasteiger charge is 2.30. The lowest BCUT2D eigenvalue weighted by atomic mass is 9.89. The summed E-state index contributed by atoms with van der Waals surface area (Å²) < 4.78 is 5.23. The van der Waals surface area contributed by atoms with Gasteiger partial charge in [0.15, 0.2) is 0 Å². The summed E-state index contributed by atoms with van der Waals surface area (Å²) in [6, 6.07) is 2.09. The third kappa shape index (κ3) is 2.07. The Morgan fingerprint density at radius 2 is 2.35 bits per heavy atom. The van der Waals surface area contributed by atoms with Crippen molar-refractivity contribution >= 4 is 5.57 Å². The van der Waals surface area contributed by atoms with Crippen molar-refractivity contribution in [2.45, 2.75) is 12.8 Å². The van der Waals surface area contributed by atoms with Gasteiger partial charge in [-0.15, -0.1) is 0 Å². The second kappa shape index (κ2) is 4.49. The molecule has 0 radical (unpaired) electrons. The lowest BCUT2D eigenvalue weighted by Gasteiger charge is -2.25. The molecule has 3 rings (SSSR count). The van der Waals surface area contributed by atoms with Crippen LogP contribution in [-0.2, 0) is 0 Å². The first kappa shape index (κ1) is 10.8. The standard InChI is InChI=1S/C14H18N2O/c1-17-14-6-13(8-16-9-14)11-4-10-2-3-15-7-12(10)5-11/h5-6,8-10,12,15H,2-4,7H2,1H3. The lowest BCUT2D eigenvalue weighted by molar-refractivity contribution is 0.323. The molecule has 3 nitrogen and oxygen atoms in total. The van der Waals surface area contributed by atoms with Gasteiger partial charge in [-0.05, 0) is 48.4 Å². The maximum Gasteiger partial charge on any atom is 0.137 e. The van der Waals surface area contributed by atoms with Crippen molar-refractivity contribution in [3.63, 3.8) is 0 Å². The molecule has 0 amide bonds. The maximum absolute atomic E-state index is 5.23. The smallest absolute Gasteiger partial charge is 0.137 e. The minimum atomic E-state index is 0.713. The summed E-state index contributed by atoms with van der Waals surface area (Å²) in [5, 5.41) is 3.47. The van der Waals surface area contributed by atoms with Gasteiger partial charge in [0.2, 0.25) is 0 Å². The Bertz CT molecular complexity index is 442. The Morgan fingerprint density at radius 3 is 3.18 bits per heavy atom. The molecule has 1 fully saturated rings. The molecule has 1 aliphatic heterocycles. The largest absolute Gasteiger partial charge is 0.495 e. The van der Waals surface area contributed by atoms with Crippen molar-refractivity contribution in [3.8, 4) is 5.75 Å². The second-order valence-electron chi connectivity index (χ2n) is 4.93. The predicted octanol–water partition coefficient (Wildman–Crippen LogP) is 2.10. The monoisotopic (exact) mass is 230 g/mol. The molecule has 0 bridgehead atoms. The van der Waals surface area contributed by atoms with Gasteiger partial charge in [-0.2, -0.15) is 0 Å². The minimum Gasteiger partial charge on any atom is -0.495 e. The van der Waals surface area contributed by atoms with E-state index in [-0.39, 0.29) is 0 Å². The third-order valence-corrected chi connectivity index (χ3v) is 3.89. The molecule has 1 saturated heterocycles. The van der Waals surface area contributed by atoms with Crippen LogP contribution < -0.4 is 10.1 Å². The Labute approximate surface area is 102 Å². The van der Waals surface area contributed by atoms with Gasteiger partial charge in [0.1, 0.15) is 5.75 Å². The van der Waals surface area contributed by atoms with Crippen molar-refractivity contribution < 1.29 is 4.74 Å². The highest BCUT2D eigenvalue weighted by molar-refractivity contribution is 5.68. The normalized spacial score (nSPS) is 27.5. The van der Waals surface area contributed by atoms with Gasteiger partial charge >= 0.3 is 0 Å². The van der Waals surface area contributed by atoms with Crippen molar-refractivity contribution in [3.05, 3.63) is 30.1 Å². The Hall–Kier alpha value is -1.35. The van der Waals surface area contributed by atoms with Gasteiger partial charge in [0.25, 0.3) is 0 Å². The van der Waals surface area contributed by atoms with Crippen LogP contribution in [0.3, 0.4) is 0 Å². The molecule has 2 aliphatic rings. The van der Waals surface area contributed by atoms with Crippen LogP contribution in [0, 0.1) is 11.8 Å². The molecule has 90 valence electrons. The predicted molar refractivity (Wildman–Crippen MR) is 67.8 cm³/mol. The molecule has 2 unspecified atom stereocenters. The first-order valence-corrected chi connectivity index (χ1v) is 6.27. The summed E-state index contributed by atoms with van der Waals surface area (Å²) >= 11 is 0. The minimum absolute atomic E-state index is 0.713. The molecule has 0 spiro atoms. The van der Waals surface area contributed by atoms with E-state index in [4.69, 9.17) is 4.74 Å². The number of ether oxygens (including phenoxy) is 1. The number of allylic oxidation sites excluding steroid dienone is 1. The number of aromatic nitrogens is 1. The zero-order valence-electron chi connectivity index (χ0n) is 10.1. The van der Waals surface area contributed by atoms with E-state index in [9.17, 15) is 0 Å². The van der Waals surface area contributed by atoms with Gasteiger partial charge in [-0.25, -0.2) is 0 Å². The lowest BCUT2D eigenvalue weighted by Crippen LogP contribution is -2.33. The number of hydrogen-bond donors (Lipinski definition) is 1. The first-order chi connectivity index (χ1) is 8.36. The van der Waals surface area contributed by atoms with E-state index >= 15 is 0 Å². The number of rotatable bonds is 2. The zero-order chi connectivity index (χ0) is 11.7. The van der Waals surface area contributed by atoms with Crippen molar-refractivity contribution in [1.82, 2.24) is 10.3 Å². The second-order valence-corrected chi connectivity index (χ2v) is 4.93. The van der Waals surface area contributed by atoms with Crippen LogP contribution in [0.5, 0.6) is 5.75 Å². The molecule has 1 aromatic rings. The topological polar surface area (TPSA) is 34.1 Å². The summed E-state index contributed by atoms with van der Waals surface area (Å²) in [5.41, 5.74) is 2.66. The van der Waals surface area contributed by atoms with E-state index in [0.717, 1.165) is 18.2 Å². The fourth-order valence-corrected chi connectivity index (χ4v) is 2.91. The van der Waals surface area contributed by atoms with Crippen molar-refractivity contribution in [2.75, 3.05) is 20.2 Å². The Kier molecular flexibility index (Phi) is 2.85. The van der Waals surface area contributed by atoms with Gasteiger partial charge < -0.3 is 10.1 Å². The van der Waals surface area contributed by atoms with Crippen LogP contribution in [0.4, 0.5) is 0 Å². The highest BCUT2D eigenvalue weighted by Crippen LogP contribution is 2.39. The molecule has 17 heavy (non-hydrogen) atoms. The average Bonchev–Trinajstić information content (AvgIpc) is 2.82. The number of pyridine rings is 1. The van der Waals surface area contributed by atoms with Crippen molar-refractivity contribution in [2.24, 2.45) is 11.8 Å². The fourth-order valence-electron chi connectivity index (χ4n) is 2.91. The van der Waals surface area contributed by atoms with Crippen LogP contribution in [0.2, 0.25) is 0 Å². The molecular weight excluding hydrogens is 212 g/mol. The molecule has 2 heterocycles. The van der Waals surface area contributed by atoms with E-state index < -0.39 is 0 Å². The van der Waals surface area contributed by atoms with Gasteiger partial charge in [0, 0.05) is 12.7 Å². The van der Waals surface area contributed by atoms with Crippen LogP contribution in [-0.4, -0.2) is 25.2 Å². The summed E-state index contributed by atoms with van der Waals surface area (Å²) in [4.78, 5) is 4.24. The number of nitrogens with one attached hydrogen (secondary N) is 1. The molecule has 1 N–H and O–H groups in total. The summed E-state index contributed by atoms with van der Waals surface area (Å²) in [6.45, 7) is 2.30. The highest BCUT2D eigenvalue weighted by atomic mass is 16.5. The average molecular weight is 230 g/mol. The SMILES string of the molecule is COc1cncc(C2=CC3CNCCC3C2)c1. The van der Waals surface area contributed by atoms with Crippen LogP contribution >= 0.6 is 0 Å². The Balaban J connectivity index is 1.84. The maximum atomic E-state index is 5.23. The van der Waals surface area contributed by atoms with E-state index in [2.05, 4.69) is 22.4 Å². The Morgan fingerprint density at radius 1 is 1.41 bits per heavy atom. The molecule has 3 heteroatoms. The van der Waals surface area contributed by atoms with E-state index in [1.165, 1.54) is 30.5 Å². The van der Waals surface area contributed by atoms with E-state index in [1.807, 2.05) is 6.20 Å². The molecule has 0 saturated carbocycles. The van der Waals surface area contributed by atoms with Crippen molar-refractivity contribution in [1.29, 1.82) is 0 Å². The molecule has 1 aliphatic carbocycles. The number of fused-ring (bicyclic) bond motifs is 1. The molecule has 1 aromatic heterocycles. The quantitative estimate of drug-likeness (QED) is 0.845.